The van der Waals surface area contributed by atoms with Crippen molar-refractivity contribution in [2.75, 3.05) is 20.8 Å². The zero-order chi connectivity index (χ0) is 31.3. The van der Waals surface area contributed by atoms with Crippen molar-refractivity contribution in [2.45, 2.75) is 30.5 Å². The first kappa shape index (κ1) is 30.5. The van der Waals surface area contributed by atoms with E-state index >= 15 is 4.39 Å². The van der Waals surface area contributed by atoms with Crippen LogP contribution in [0.5, 0.6) is 11.5 Å². The van der Waals surface area contributed by atoms with E-state index in [0.29, 0.717) is 11.5 Å². The summed E-state index contributed by atoms with van der Waals surface area (Å²) in [6.07, 6.45) is -3.11. The Balaban J connectivity index is 1.60. The normalized spacial score (nSPS) is 20.4. The third kappa shape index (κ3) is 5.94. The van der Waals surface area contributed by atoms with Crippen LogP contribution in [0.25, 0.3) is 0 Å². The molecule has 4 N–H and O–H groups in total. The van der Waals surface area contributed by atoms with Crippen LogP contribution in [-0.4, -0.2) is 53.7 Å². The van der Waals surface area contributed by atoms with Gasteiger partial charge in [-0.2, -0.15) is 0 Å². The van der Waals surface area contributed by atoms with Gasteiger partial charge in [-0.15, -0.1) is 0 Å². The first-order valence-electron chi connectivity index (χ1n) is 13.9. The Morgan fingerprint density at radius 1 is 0.955 bits per heavy atom. The predicted molar refractivity (Wildman–Crippen MR) is 160 cm³/mol. The zero-order valence-electron chi connectivity index (χ0n) is 24.1. The monoisotopic (exact) mass is 604 g/mol. The van der Waals surface area contributed by atoms with E-state index in [4.69, 9.17) is 24.7 Å². The second-order valence-corrected chi connectivity index (χ2v) is 10.3. The molecule has 0 amide bonds. The van der Waals surface area contributed by atoms with Crippen molar-refractivity contribution in [2.24, 2.45) is 16.8 Å². The number of H-pyrrole nitrogens is 1. The first-order chi connectivity index (χ1) is 21.3. The van der Waals surface area contributed by atoms with Crippen molar-refractivity contribution < 1.29 is 28.5 Å². The number of nitrogens with zero attached hydrogens (tertiary/aromatic N) is 2. The van der Waals surface area contributed by atoms with Crippen LogP contribution in [0.4, 0.5) is 4.39 Å². The average Bonchev–Trinajstić information content (AvgIpc) is 3.36. The lowest BCUT2D eigenvalue weighted by molar-refractivity contribution is -0.0872. The third-order valence-electron chi connectivity index (χ3n) is 7.81. The molecule has 5 rings (SSSR count). The minimum Gasteiger partial charge on any atom is -0.497 e. The number of ether oxygens (including phenoxy) is 4. The van der Waals surface area contributed by atoms with Gasteiger partial charge in [0.1, 0.15) is 22.9 Å². The minimum absolute atomic E-state index is 0.161. The Morgan fingerprint density at radius 3 is 2.05 bits per heavy atom. The number of methoxy groups -OCH3 is 2. The van der Waals surface area contributed by atoms with Crippen LogP contribution < -0.4 is 26.5 Å². The molecule has 3 aromatic carbocycles. The molecule has 0 aliphatic carbocycles. The van der Waals surface area contributed by atoms with E-state index in [1.807, 2.05) is 78.9 Å². The molecule has 0 bridgehead atoms. The highest BCUT2D eigenvalue weighted by molar-refractivity contribution is 5.80. The number of hydrogen-bond acceptors (Lipinski definition) is 8. The van der Waals surface area contributed by atoms with Crippen molar-refractivity contribution in [1.29, 1.82) is 0 Å². The van der Waals surface area contributed by atoms with E-state index in [-0.39, 0.29) is 18.9 Å². The van der Waals surface area contributed by atoms with E-state index in [1.165, 1.54) is 6.20 Å². The molecule has 0 radical (unpaired) electrons. The Labute approximate surface area is 252 Å². The molecular formula is C32H33FN4O7. The maximum absolute atomic E-state index is 16.1. The summed E-state index contributed by atoms with van der Waals surface area (Å²) in [4.78, 5) is 26.3. The topological polar surface area (TPSA) is 150 Å². The Kier molecular flexibility index (Phi) is 9.12. The minimum atomic E-state index is -1.76. The lowest BCUT2D eigenvalue weighted by Crippen LogP contribution is -2.38. The fourth-order valence-corrected chi connectivity index (χ4v) is 5.59. The summed E-state index contributed by atoms with van der Waals surface area (Å²) in [5, 5.41) is 12.3. The van der Waals surface area contributed by atoms with Crippen LogP contribution in [0.15, 0.2) is 106 Å². The van der Waals surface area contributed by atoms with Gasteiger partial charge in [0.05, 0.1) is 26.9 Å². The molecule has 4 atom stereocenters. The van der Waals surface area contributed by atoms with Gasteiger partial charge < -0.3 is 29.9 Å². The van der Waals surface area contributed by atoms with E-state index < -0.39 is 41.3 Å². The highest BCUT2D eigenvalue weighted by atomic mass is 19.1. The molecule has 0 spiro atoms. The van der Waals surface area contributed by atoms with Gasteiger partial charge in [0, 0.05) is 24.6 Å². The summed E-state index contributed by atoms with van der Waals surface area (Å²) in [5.74, 6) is 0.131. The highest BCUT2D eigenvalue weighted by Crippen LogP contribution is 2.44. The number of aromatic nitrogens is 2. The number of aromatic amines is 1. The molecule has 1 aliphatic heterocycles. The van der Waals surface area contributed by atoms with E-state index in [0.717, 1.165) is 27.3 Å². The number of amidine groups is 1. The van der Waals surface area contributed by atoms with E-state index in [1.54, 1.807) is 14.2 Å². The third-order valence-corrected chi connectivity index (χ3v) is 7.81. The molecule has 1 aromatic heterocycles. The van der Waals surface area contributed by atoms with Crippen molar-refractivity contribution in [1.82, 2.24) is 9.55 Å². The van der Waals surface area contributed by atoms with Crippen molar-refractivity contribution in [3.63, 3.8) is 0 Å². The van der Waals surface area contributed by atoms with Gasteiger partial charge in [-0.3, -0.25) is 14.3 Å². The number of oxime groups is 1. The number of hydrogen-bond donors (Lipinski definition) is 3. The fourth-order valence-electron chi connectivity index (χ4n) is 5.59. The summed E-state index contributed by atoms with van der Waals surface area (Å²) in [5.41, 5.74) is 5.44. The van der Waals surface area contributed by atoms with Crippen LogP contribution in [0.2, 0.25) is 0 Å². The lowest BCUT2D eigenvalue weighted by Gasteiger charge is -2.37. The van der Waals surface area contributed by atoms with Crippen LogP contribution in [0, 0.1) is 5.92 Å². The smallest absolute Gasteiger partial charge is 0.330 e. The first-order valence-corrected chi connectivity index (χ1v) is 13.9. The SMILES string of the molecule is COc1ccc(C(OC[C@H]2O[C@@H](n3ccc(=O)[nH]c3=O)[C@H](F)[C@@H]2C/C(N)=N/O)(c2ccccc2)c2ccc(OC)cc2)cc1. The summed E-state index contributed by atoms with van der Waals surface area (Å²) in [6.45, 7) is -0.161. The van der Waals surface area contributed by atoms with Gasteiger partial charge in [-0.1, -0.05) is 59.8 Å². The molecule has 230 valence electrons. The Bertz CT molecular complexity index is 1640. The quantitative estimate of drug-likeness (QED) is 0.0774. The molecule has 0 unspecified atom stereocenters. The van der Waals surface area contributed by atoms with Crippen LogP contribution >= 0.6 is 0 Å². The maximum atomic E-state index is 16.1. The molecule has 11 nitrogen and oxygen atoms in total. The van der Waals surface area contributed by atoms with Crippen molar-refractivity contribution >= 4 is 5.84 Å². The Morgan fingerprint density at radius 2 is 1.52 bits per heavy atom. The molecule has 0 saturated carbocycles. The predicted octanol–water partition coefficient (Wildman–Crippen LogP) is 3.55. The van der Waals surface area contributed by atoms with Crippen LogP contribution in [0.1, 0.15) is 29.3 Å². The maximum Gasteiger partial charge on any atom is 0.330 e. The number of nitrogens with one attached hydrogen (secondary N) is 1. The molecular weight excluding hydrogens is 571 g/mol. The Hall–Kier alpha value is -4.94. The number of alkyl halides is 1. The summed E-state index contributed by atoms with van der Waals surface area (Å²) in [7, 11) is 3.16. The molecule has 1 fully saturated rings. The molecule has 4 aromatic rings. The van der Waals surface area contributed by atoms with Gasteiger partial charge >= 0.3 is 5.69 Å². The van der Waals surface area contributed by atoms with Gasteiger partial charge in [0.15, 0.2) is 12.4 Å². The van der Waals surface area contributed by atoms with Gasteiger partial charge in [-0.25, -0.2) is 9.18 Å². The highest BCUT2D eigenvalue weighted by Gasteiger charge is 2.48. The second kappa shape index (κ2) is 13.1. The number of halogens is 1. The second-order valence-electron chi connectivity index (χ2n) is 10.3. The molecule has 1 aliphatic rings. The molecule has 12 heteroatoms. The molecule has 1 saturated heterocycles. The standard InChI is InChI=1S/C32H33FN4O7/c1-41-23-12-8-21(9-13-23)32(20-6-4-3-5-7-20,22-10-14-24(42-2)15-11-22)43-19-26-25(18-27(34)36-40)29(33)30(44-26)37-17-16-28(38)35-31(37)39/h3-17,25-26,29-30,40H,18-19H2,1-2H3,(H2,34,36)(H,35,38,39)/t25-,26-,29-,30-/m1/s1. The lowest BCUT2D eigenvalue weighted by atomic mass is 9.80. The van der Waals surface area contributed by atoms with E-state index in [9.17, 15) is 14.8 Å². The van der Waals surface area contributed by atoms with Crippen molar-refractivity contribution in [3.05, 3.63) is 129 Å². The van der Waals surface area contributed by atoms with Crippen molar-refractivity contribution in [3.8, 4) is 11.5 Å². The number of benzene rings is 3. The number of rotatable bonds is 11. The van der Waals surface area contributed by atoms with Crippen LogP contribution in [0.3, 0.4) is 0 Å². The molecule has 44 heavy (non-hydrogen) atoms. The largest absolute Gasteiger partial charge is 0.497 e. The summed E-state index contributed by atoms with van der Waals surface area (Å²) < 4.78 is 40.8. The molecule has 2 heterocycles. The zero-order valence-corrected chi connectivity index (χ0v) is 24.1. The van der Waals surface area contributed by atoms with Crippen LogP contribution in [-0.2, 0) is 15.1 Å². The van der Waals surface area contributed by atoms with Gasteiger partial charge in [-0.05, 0) is 41.0 Å². The fraction of sp³-hybridized carbons (Fsp3) is 0.281. The van der Waals surface area contributed by atoms with E-state index in [2.05, 4.69) is 10.1 Å². The average molecular weight is 605 g/mol. The summed E-state index contributed by atoms with van der Waals surface area (Å²) in [6, 6.07) is 25.5. The number of nitrogens with two attached hydrogens (primary N) is 1. The summed E-state index contributed by atoms with van der Waals surface area (Å²) >= 11 is 0. The van der Waals surface area contributed by atoms with Gasteiger partial charge in [0.2, 0.25) is 0 Å². The van der Waals surface area contributed by atoms with Gasteiger partial charge in [0.25, 0.3) is 5.56 Å².